The largest absolute Gasteiger partial charge is 0.394 e. The predicted octanol–water partition coefficient (Wildman–Crippen LogP) is 0.759. The summed E-state index contributed by atoms with van der Waals surface area (Å²) in [6.45, 7) is 1.72. The lowest BCUT2D eigenvalue weighted by Gasteiger charge is -2.10. The maximum Gasteiger partial charge on any atom is 0.326 e. The molecule has 3 aromatic rings. The third-order valence-electron chi connectivity index (χ3n) is 2.96. The molecule has 0 aliphatic heterocycles. The van der Waals surface area contributed by atoms with Gasteiger partial charge in [-0.2, -0.15) is 0 Å². The summed E-state index contributed by atoms with van der Waals surface area (Å²) in [6, 6.07) is 1.61. The van der Waals surface area contributed by atoms with Gasteiger partial charge < -0.3 is 15.1 Å². The van der Waals surface area contributed by atoms with Crippen molar-refractivity contribution in [3.63, 3.8) is 0 Å². The molecule has 0 aliphatic rings. The Balaban J connectivity index is 2.51. The smallest absolute Gasteiger partial charge is 0.326 e. The molecule has 3 N–H and O–H groups in total. The van der Waals surface area contributed by atoms with Crippen LogP contribution in [0.2, 0.25) is 0 Å². The summed E-state index contributed by atoms with van der Waals surface area (Å²) in [7, 11) is 0. The summed E-state index contributed by atoms with van der Waals surface area (Å²) in [5, 5.41) is 10.1. The molecule has 17 heavy (non-hydrogen) atoms. The minimum atomic E-state index is -0.267. The molecule has 0 aliphatic carbocycles. The quantitative estimate of drug-likeness (QED) is 0.609. The molecule has 3 aromatic heterocycles. The van der Waals surface area contributed by atoms with Gasteiger partial charge in [-0.3, -0.25) is 4.57 Å². The maximum atomic E-state index is 11.9. The van der Waals surface area contributed by atoms with Crippen LogP contribution in [0.1, 0.15) is 13.0 Å². The first kappa shape index (κ1) is 10.1. The molecule has 6 heteroatoms. The number of rotatable bonds is 2. The van der Waals surface area contributed by atoms with Crippen molar-refractivity contribution in [1.82, 2.24) is 19.5 Å². The van der Waals surface area contributed by atoms with E-state index in [1.807, 2.05) is 6.07 Å². The Labute approximate surface area is 95.9 Å². The molecule has 0 bridgehead atoms. The van der Waals surface area contributed by atoms with Crippen LogP contribution < -0.4 is 5.69 Å². The Morgan fingerprint density at radius 3 is 3.18 bits per heavy atom. The number of pyridine rings is 1. The van der Waals surface area contributed by atoms with E-state index in [1.165, 1.54) is 0 Å². The van der Waals surface area contributed by atoms with Crippen molar-refractivity contribution in [1.29, 1.82) is 0 Å². The van der Waals surface area contributed by atoms with Gasteiger partial charge in [0.2, 0.25) is 0 Å². The van der Waals surface area contributed by atoms with Crippen LogP contribution in [0.5, 0.6) is 0 Å². The highest BCUT2D eigenvalue weighted by Crippen LogP contribution is 2.22. The van der Waals surface area contributed by atoms with Crippen molar-refractivity contribution in [3.05, 3.63) is 28.9 Å². The standard InChI is InChI=1S/C11H12N4O2/c1-6(5-16)15-9-7-2-3-12-10(7)13-4-8(9)14-11(15)17/h2-4,6,16H,5H2,1H3,(H,12,13)(H,14,17)/t6-/m0/s1. The van der Waals surface area contributed by atoms with Crippen molar-refractivity contribution in [2.45, 2.75) is 13.0 Å². The number of fused-ring (bicyclic) bond motifs is 3. The molecule has 3 rings (SSSR count). The molecule has 1 atom stereocenters. The highest BCUT2D eigenvalue weighted by atomic mass is 16.3. The number of imidazole rings is 1. The lowest BCUT2D eigenvalue weighted by molar-refractivity contribution is 0.239. The maximum absolute atomic E-state index is 11.9. The Morgan fingerprint density at radius 2 is 2.41 bits per heavy atom. The number of hydrogen-bond acceptors (Lipinski definition) is 3. The van der Waals surface area contributed by atoms with Gasteiger partial charge in [0.05, 0.1) is 29.9 Å². The molecule has 6 nitrogen and oxygen atoms in total. The molecular weight excluding hydrogens is 220 g/mol. The van der Waals surface area contributed by atoms with Crippen LogP contribution in [-0.4, -0.2) is 31.2 Å². The number of aliphatic hydroxyl groups excluding tert-OH is 1. The van der Waals surface area contributed by atoms with Crippen molar-refractivity contribution in [2.24, 2.45) is 0 Å². The van der Waals surface area contributed by atoms with Crippen LogP contribution in [0, 0.1) is 0 Å². The number of nitrogens with zero attached hydrogens (tertiary/aromatic N) is 2. The van der Waals surface area contributed by atoms with Gasteiger partial charge in [-0.15, -0.1) is 0 Å². The number of aromatic nitrogens is 4. The molecule has 0 amide bonds. The van der Waals surface area contributed by atoms with Crippen molar-refractivity contribution in [2.75, 3.05) is 6.61 Å². The highest BCUT2D eigenvalue weighted by Gasteiger charge is 2.15. The van der Waals surface area contributed by atoms with Gasteiger partial charge in [0.1, 0.15) is 5.65 Å². The Morgan fingerprint density at radius 1 is 1.59 bits per heavy atom. The van der Waals surface area contributed by atoms with E-state index in [0.29, 0.717) is 5.52 Å². The Hall–Kier alpha value is -2.08. The Bertz CT molecular complexity index is 737. The summed E-state index contributed by atoms with van der Waals surface area (Å²) >= 11 is 0. The van der Waals surface area contributed by atoms with Gasteiger partial charge >= 0.3 is 5.69 Å². The fraction of sp³-hybridized carbons (Fsp3) is 0.273. The molecule has 0 radical (unpaired) electrons. The lowest BCUT2D eigenvalue weighted by atomic mass is 10.2. The van der Waals surface area contributed by atoms with Crippen molar-refractivity contribution < 1.29 is 5.11 Å². The molecule has 0 saturated heterocycles. The minimum absolute atomic E-state index is 0.0822. The van der Waals surface area contributed by atoms with E-state index in [0.717, 1.165) is 16.6 Å². The van der Waals surface area contributed by atoms with E-state index in [2.05, 4.69) is 15.0 Å². The highest BCUT2D eigenvalue weighted by molar-refractivity contribution is 6.00. The number of nitrogens with one attached hydrogen (secondary N) is 2. The molecule has 0 aromatic carbocycles. The molecule has 88 valence electrons. The van der Waals surface area contributed by atoms with Gasteiger partial charge in [0.25, 0.3) is 0 Å². The summed E-state index contributed by atoms with van der Waals surface area (Å²) in [6.07, 6.45) is 3.40. The second kappa shape index (κ2) is 3.46. The summed E-state index contributed by atoms with van der Waals surface area (Å²) in [5.41, 5.74) is 1.97. The summed E-state index contributed by atoms with van der Waals surface area (Å²) in [4.78, 5) is 21.8. The van der Waals surface area contributed by atoms with Gasteiger partial charge in [-0.05, 0) is 13.0 Å². The number of H-pyrrole nitrogens is 2. The van der Waals surface area contributed by atoms with Crippen LogP contribution in [0.15, 0.2) is 23.3 Å². The zero-order chi connectivity index (χ0) is 12.0. The fourth-order valence-electron chi connectivity index (χ4n) is 2.12. The molecule has 3 heterocycles. The molecule has 0 fully saturated rings. The van der Waals surface area contributed by atoms with Crippen LogP contribution >= 0.6 is 0 Å². The van der Waals surface area contributed by atoms with Gasteiger partial charge in [-0.25, -0.2) is 9.78 Å². The number of aliphatic hydroxyl groups is 1. The van der Waals surface area contributed by atoms with Crippen LogP contribution in [0.4, 0.5) is 0 Å². The SMILES string of the molecule is C[C@@H](CO)n1c(=O)[nH]c2cnc3[nH]ccc3c21. The topological polar surface area (TPSA) is 86.7 Å². The normalized spacial score (nSPS) is 13.5. The minimum Gasteiger partial charge on any atom is -0.394 e. The monoisotopic (exact) mass is 232 g/mol. The van der Waals surface area contributed by atoms with E-state index in [4.69, 9.17) is 0 Å². The van der Waals surface area contributed by atoms with Gasteiger partial charge in [-0.1, -0.05) is 0 Å². The summed E-state index contributed by atoms with van der Waals surface area (Å²) in [5.74, 6) is 0. The number of aromatic amines is 2. The van der Waals surface area contributed by atoms with E-state index in [1.54, 1.807) is 23.9 Å². The number of hydrogen-bond donors (Lipinski definition) is 3. The van der Waals surface area contributed by atoms with Crippen LogP contribution in [0.25, 0.3) is 22.1 Å². The first-order valence-corrected chi connectivity index (χ1v) is 5.39. The van der Waals surface area contributed by atoms with Crippen LogP contribution in [-0.2, 0) is 0 Å². The van der Waals surface area contributed by atoms with E-state index in [9.17, 15) is 9.90 Å². The van der Waals surface area contributed by atoms with Crippen molar-refractivity contribution in [3.8, 4) is 0 Å². The zero-order valence-corrected chi connectivity index (χ0v) is 9.27. The van der Waals surface area contributed by atoms with E-state index in [-0.39, 0.29) is 18.3 Å². The third kappa shape index (κ3) is 1.31. The van der Waals surface area contributed by atoms with Gasteiger partial charge in [0, 0.05) is 11.6 Å². The average Bonchev–Trinajstić information content (AvgIpc) is 2.90. The first-order chi connectivity index (χ1) is 8.22. The van der Waals surface area contributed by atoms with Crippen molar-refractivity contribution >= 4 is 22.1 Å². The first-order valence-electron chi connectivity index (χ1n) is 5.39. The fourth-order valence-corrected chi connectivity index (χ4v) is 2.12. The predicted molar refractivity (Wildman–Crippen MR) is 64.0 cm³/mol. The third-order valence-corrected chi connectivity index (χ3v) is 2.96. The molecule has 0 spiro atoms. The summed E-state index contributed by atoms with van der Waals surface area (Å²) < 4.78 is 1.56. The zero-order valence-electron chi connectivity index (χ0n) is 9.27. The molecule has 0 saturated carbocycles. The average molecular weight is 232 g/mol. The van der Waals surface area contributed by atoms with Crippen LogP contribution in [0.3, 0.4) is 0 Å². The molecule has 0 unspecified atom stereocenters. The second-order valence-corrected chi connectivity index (χ2v) is 4.09. The van der Waals surface area contributed by atoms with E-state index >= 15 is 0 Å². The lowest BCUT2D eigenvalue weighted by Crippen LogP contribution is -2.22. The second-order valence-electron chi connectivity index (χ2n) is 4.09. The Kier molecular flexibility index (Phi) is 2.05. The molecular formula is C11H12N4O2. The van der Waals surface area contributed by atoms with Gasteiger partial charge in [0.15, 0.2) is 0 Å². The van der Waals surface area contributed by atoms with E-state index < -0.39 is 0 Å².